The summed E-state index contributed by atoms with van der Waals surface area (Å²) < 4.78 is 10.8. The second kappa shape index (κ2) is 13.4. The molecule has 2 aliphatic heterocycles. The highest BCUT2D eigenvalue weighted by atomic mass is 35.5. The first kappa shape index (κ1) is 29.7. The van der Waals surface area contributed by atoms with E-state index in [-0.39, 0.29) is 11.9 Å². The molecule has 0 saturated carbocycles. The molecule has 2 aromatic rings. The molecule has 2 amide bonds. The number of rotatable bonds is 8. The minimum atomic E-state index is -0.541. The standard InChI is InChI=1S/C28H40ClN7O4/c1-28(2,3)40-27(38)32-21-8-12-36(13-9-21)25(37)22-7-10-30-26(33-22)31-11-14-34-15-17-35(18-16-34)23-19-20(29)5-6-24(23)39-4/h5-7,10,19,21H,8-9,11-18H2,1-4H3,(H,32,38)(H,30,31,33). The summed E-state index contributed by atoms with van der Waals surface area (Å²) in [5.74, 6) is 1.14. The third-order valence-corrected chi connectivity index (χ3v) is 7.18. The molecule has 0 unspecified atom stereocenters. The number of hydrogen-bond donors (Lipinski definition) is 2. The summed E-state index contributed by atoms with van der Waals surface area (Å²) >= 11 is 6.21. The Bertz CT molecular complexity index is 1160. The van der Waals surface area contributed by atoms with E-state index in [0.717, 1.165) is 44.2 Å². The van der Waals surface area contributed by atoms with Gasteiger partial charge in [-0.15, -0.1) is 0 Å². The molecule has 0 spiro atoms. The number of methoxy groups -OCH3 is 1. The zero-order valence-corrected chi connectivity index (χ0v) is 24.5. The fourth-order valence-corrected chi connectivity index (χ4v) is 5.04. The summed E-state index contributed by atoms with van der Waals surface area (Å²) in [6.45, 7) is 11.7. The number of hydrogen-bond acceptors (Lipinski definition) is 9. The third-order valence-electron chi connectivity index (χ3n) is 6.94. The number of nitrogens with one attached hydrogen (secondary N) is 2. The maximum atomic E-state index is 13.1. The van der Waals surface area contributed by atoms with Crippen molar-refractivity contribution >= 4 is 35.2 Å². The number of piperazine rings is 1. The van der Waals surface area contributed by atoms with Crippen LogP contribution in [0.1, 0.15) is 44.1 Å². The summed E-state index contributed by atoms with van der Waals surface area (Å²) in [4.78, 5) is 40.3. The minimum Gasteiger partial charge on any atom is -0.495 e. The maximum Gasteiger partial charge on any atom is 0.407 e. The average Bonchev–Trinajstić information content (AvgIpc) is 2.92. The van der Waals surface area contributed by atoms with Gasteiger partial charge in [-0.3, -0.25) is 9.69 Å². The van der Waals surface area contributed by atoms with Gasteiger partial charge >= 0.3 is 6.09 Å². The van der Waals surface area contributed by atoms with E-state index >= 15 is 0 Å². The molecule has 0 radical (unpaired) electrons. The number of nitrogens with zero attached hydrogens (tertiary/aromatic N) is 5. The molecule has 1 aromatic heterocycles. The lowest BCUT2D eigenvalue weighted by molar-refractivity contribution is 0.0473. The van der Waals surface area contributed by atoms with Crippen molar-refractivity contribution < 1.29 is 19.1 Å². The number of benzene rings is 1. The van der Waals surface area contributed by atoms with E-state index in [1.54, 1.807) is 24.3 Å². The molecular weight excluding hydrogens is 534 g/mol. The molecule has 2 saturated heterocycles. The molecule has 2 fully saturated rings. The zero-order valence-electron chi connectivity index (χ0n) is 23.8. The molecular formula is C28H40ClN7O4. The van der Waals surface area contributed by atoms with Crippen LogP contribution in [-0.4, -0.2) is 103 Å². The number of ether oxygens (including phenoxy) is 2. The number of likely N-dealkylation sites (tertiary alicyclic amines) is 1. The van der Waals surface area contributed by atoms with Crippen LogP contribution in [0, 0.1) is 0 Å². The van der Waals surface area contributed by atoms with Gasteiger partial charge in [0.15, 0.2) is 0 Å². The molecule has 12 heteroatoms. The zero-order chi connectivity index (χ0) is 28.7. The van der Waals surface area contributed by atoms with Crippen molar-refractivity contribution in [3.05, 3.63) is 41.2 Å². The molecule has 0 atom stereocenters. The Morgan fingerprint density at radius 2 is 1.80 bits per heavy atom. The first-order valence-corrected chi connectivity index (χ1v) is 14.2. The lowest BCUT2D eigenvalue weighted by Crippen LogP contribution is -2.48. The lowest BCUT2D eigenvalue weighted by atomic mass is 10.0. The van der Waals surface area contributed by atoms with E-state index in [4.69, 9.17) is 21.1 Å². The number of anilines is 2. The van der Waals surface area contributed by atoms with Gasteiger partial charge in [-0.25, -0.2) is 14.8 Å². The smallest absolute Gasteiger partial charge is 0.407 e. The van der Waals surface area contributed by atoms with Gasteiger partial charge in [0.05, 0.1) is 12.8 Å². The molecule has 1 aromatic carbocycles. The van der Waals surface area contributed by atoms with Crippen LogP contribution < -0.4 is 20.3 Å². The topological polar surface area (TPSA) is 112 Å². The lowest BCUT2D eigenvalue weighted by Gasteiger charge is -2.36. The normalized spacial score (nSPS) is 16.9. The van der Waals surface area contributed by atoms with Crippen molar-refractivity contribution in [1.82, 2.24) is 25.1 Å². The van der Waals surface area contributed by atoms with E-state index in [1.165, 1.54) is 0 Å². The average molecular weight is 574 g/mol. The van der Waals surface area contributed by atoms with Gasteiger partial charge in [0.2, 0.25) is 5.95 Å². The highest BCUT2D eigenvalue weighted by molar-refractivity contribution is 6.30. The maximum absolute atomic E-state index is 13.1. The Hall–Kier alpha value is -3.31. The summed E-state index contributed by atoms with van der Waals surface area (Å²) in [5, 5.41) is 6.86. The SMILES string of the molecule is COc1ccc(Cl)cc1N1CCN(CCNc2nccc(C(=O)N3CCC(NC(=O)OC(C)(C)C)CC3)n2)CC1. The third kappa shape index (κ3) is 8.34. The van der Waals surface area contributed by atoms with E-state index < -0.39 is 11.7 Å². The number of carbonyl (C=O) groups is 2. The second-order valence-corrected chi connectivity index (χ2v) is 11.5. The first-order chi connectivity index (χ1) is 19.1. The quantitative estimate of drug-likeness (QED) is 0.490. The first-order valence-electron chi connectivity index (χ1n) is 13.8. The summed E-state index contributed by atoms with van der Waals surface area (Å²) in [6, 6.07) is 7.31. The largest absolute Gasteiger partial charge is 0.495 e. The number of piperidine rings is 1. The molecule has 2 aliphatic rings. The number of amides is 2. The highest BCUT2D eigenvalue weighted by Crippen LogP contribution is 2.31. The van der Waals surface area contributed by atoms with Crippen molar-refractivity contribution in [3.63, 3.8) is 0 Å². The Balaban J connectivity index is 1.20. The minimum absolute atomic E-state index is 0.0177. The Morgan fingerprint density at radius 1 is 1.07 bits per heavy atom. The molecule has 2 N–H and O–H groups in total. The number of halogens is 1. The van der Waals surface area contributed by atoms with Crippen LogP contribution in [0.4, 0.5) is 16.4 Å². The van der Waals surface area contributed by atoms with Gasteiger partial charge in [-0.1, -0.05) is 11.6 Å². The van der Waals surface area contributed by atoms with E-state index in [0.29, 0.717) is 49.1 Å². The fraction of sp³-hybridized carbons (Fsp3) is 0.571. The van der Waals surface area contributed by atoms with Crippen LogP contribution in [0.5, 0.6) is 5.75 Å². The van der Waals surface area contributed by atoms with Gasteiger partial charge in [-0.2, -0.15) is 0 Å². The van der Waals surface area contributed by atoms with Gasteiger partial charge in [0.25, 0.3) is 5.91 Å². The predicted octanol–water partition coefficient (Wildman–Crippen LogP) is 3.50. The van der Waals surface area contributed by atoms with Crippen LogP contribution in [0.25, 0.3) is 0 Å². The summed E-state index contributed by atoms with van der Waals surface area (Å²) in [7, 11) is 1.67. The van der Waals surface area contributed by atoms with Crippen LogP contribution >= 0.6 is 11.6 Å². The Labute approximate surface area is 241 Å². The van der Waals surface area contributed by atoms with E-state index in [1.807, 2.05) is 39.0 Å². The predicted molar refractivity (Wildman–Crippen MR) is 155 cm³/mol. The number of carbonyl (C=O) groups excluding carboxylic acids is 2. The monoisotopic (exact) mass is 573 g/mol. The summed E-state index contributed by atoms with van der Waals surface area (Å²) in [5.41, 5.74) is 0.840. The van der Waals surface area contributed by atoms with Gasteiger partial charge in [-0.05, 0) is 57.9 Å². The van der Waals surface area contributed by atoms with Crippen LogP contribution in [0.3, 0.4) is 0 Å². The molecule has 0 bridgehead atoms. The highest BCUT2D eigenvalue weighted by Gasteiger charge is 2.27. The molecule has 0 aliphatic carbocycles. The number of aromatic nitrogens is 2. The van der Waals surface area contributed by atoms with Crippen LogP contribution in [0.15, 0.2) is 30.5 Å². The van der Waals surface area contributed by atoms with E-state index in [9.17, 15) is 9.59 Å². The Morgan fingerprint density at radius 3 is 2.48 bits per heavy atom. The fourth-order valence-electron chi connectivity index (χ4n) is 4.87. The van der Waals surface area contributed by atoms with Gasteiger partial charge in [0, 0.05) is 69.6 Å². The van der Waals surface area contributed by atoms with Crippen molar-refractivity contribution in [3.8, 4) is 5.75 Å². The van der Waals surface area contributed by atoms with E-state index in [2.05, 4.69) is 30.4 Å². The molecule has 40 heavy (non-hydrogen) atoms. The van der Waals surface area contributed by atoms with Crippen LogP contribution in [0.2, 0.25) is 5.02 Å². The van der Waals surface area contributed by atoms with Crippen LogP contribution in [-0.2, 0) is 4.74 Å². The second-order valence-electron chi connectivity index (χ2n) is 11.0. The van der Waals surface area contributed by atoms with Crippen molar-refractivity contribution in [2.75, 3.05) is 69.7 Å². The Kier molecular flexibility index (Phi) is 9.91. The van der Waals surface area contributed by atoms with Gasteiger partial charge in [0.1, 0.15) is 17.0 Å². The van der Waals surface area contributed by atoms with Crippen molar-refractivity contribution in [2.24, 2.45) is 0 Å². The molecule has 3 heterocycles. The molecule has 218 valence electrons. The summed E-state index contributed by atoms with van der Waals surface area (Å²) in [6.07, 6.45) is 2.51. The number of alkyl carbamates (subject to hydrolysis) is 1. The molecule has 4 rings (SSSR count). The van der Waals surface area contributed by atoms with Crippen molar-refractivity contribution in [2.45, 2.75) is 45.3 Å². The molecule has 11 nitrogen and oxygen atoms in total. The van der Waals surface area contributed by atoms with Crippen molar-refractivity contribution in [1.29, 1.82) is 0 Å². The van der Waals surface area contributed by atoms with Gasteiger partial charge < -0.3 is 29.9 Å².